The summed E-state index contributed by atoms with van der Waals surface area (Å²) in [5, 5.41) is 11.3. The summed E-state index contributed by atoms with van der Waals surface area (Å²) in [6.45, 7) is 9.77. The molecule has 4 fully saturated rings. The van der Waals surface area contributed by atoms with Crippen LogP contribution in [0.2, 0.25) is 0 Å². The Morgan fingerprint density at radius 2 is 1.13 bits per heavy atom. The van der Waals surface area contributed by atoms with Crippen LogP contribution in [-0.4, -0.2) is 82.9 Å². The fourth-order valence-corrected chi connectivity index (χ4v) is 7.82. The molecule has 0 aromatic heterocycles. The number of hydrogen-bond donors (Lipinski definition) is 0. The number of benzene rings is 2. The van der Waals surface area contributed by atoms with E-state index in [-0.39, 0.29) is 66.7 Å². The molecule has 4 aliphatic rings. The molecule has 2 unspecified atom stereocenters. The fraction of sp³-hybridized carbons (Fsp3) is 0.436. The van der Waals surface area contributed by atoms with Crippen molar-refractivity contribution < 1.29 is 77.6 Å². The van der Waals surface area contributed by atoms with E-state index in [0.717, 1.165) is 11.1 Å². The minimum Gasteiger partial charge on any atom is -0.548 e. The summed E-state index contributed by atoms with van der Waals surface area (Å²) < 4.78 is 16.3. The first kappa shape index (κ1) is 40.5. The number of rotatable bonds is 9. The molecule has 2 aromatic carbocycles. The van der Waals surface area contributed by atoms with Crippen molar-refractivity contribution in [2.75, 3.05) is 13.2 Å². The summed E-state index contributed by atoms with van der Waals surface area (Å²) in [7, 11) is 0. The molecule has 270 valence electrons. The monoisotopic (exact) mass is 722 g/mol. The maximum absolute atomic E-state index is 13.6. The second-order valence-corrected chi connectivity index (χ2v) is 14.0. The van der Waals surface area contributed by atoms with Crippen LogP contribution >= 0.6 is 0 Å². The Morgan fingerprint density at radius 1 is 0.750 bits per heavy atom. The van der Waals surface area contributed by atoms with Crippen LogP contribution in [0.4, 0.5) is 0 Å². The van der Waals surface area contributed by atoms with Crippen molar-refractivity contribution in [1.82, 2.24) is 9.80 Å². The number of carbonyl (C=O) groups excluding carboxylic acids is 6. The molecule has 13 heteroatoms. The first-order chi connectivity index (χ1) is 24.2. The van der Waals surface area contributed by atoms with Crippen LogP contribution in [0.1, 0.15) is 71.6 Å². The molecule has 0 N–H and O–H groups in total. The number of allylic oxidation sites excluding steroid dienone is 2. The van der Waals surface area contributed by atoms with Crippen LogP contribution in [-0.2, 0) is 43.0 Å². The van der Waals surface area contributed by atoms with Gasteiger partial charge in [-0.05, 0) is 37.8 Å². The number of nitrogens with zero attached hydrogens (tertiary/aromatic N) is 2. The van der Waals surface area contributed by atoms with Crippen molar-refractivity contribution in [1.29, 1.82) is 0 Å². The predicted octanol–water partition coefficient (Wildman–Crippen LogP) is 0.0571. The molecule has 6 rings (SSSR count). The summed E-state index contributed by atoms with van der Waals surface area (Å²) in [5.41, 5.74) is 1.44. The molecule has 0 spiro atoms. The standard InChI is InChI=1S/C26H27NO5.C13H17NO5.Na/c1-4-20-21-15-26(3,16-31-17(2)28)23(27(21)24(20)29)25(30)32-22(18-11-7-5-8-12-18)19-13-9-6-10-14-19;1-4-8-9-5-13(3,6-19-7(2)15)10(12(17)18)14(9)11(8)16;/h4-14,21-23H,15-16H2,1-3H3;4,9-10H,5-6H2,1-3H3,(H,17,18);/q;;+1/p-1/b20-4+;8-4+;/t21?,23-,26-;9?,10-,13-;/m00./s1. The van der Waals surface area contributed by atoms with E-state index in [2.05, 4.69) is 0 Å². The molecule has 2 aromatic rings. The molecule has 4 saturated heterocycles. The Bertz CT molecular complexity index is 1740. The number of carboxylic acid groups (broad SMARTS) is 1. The third-order valence-corrected chi connectivity index (χ3v) is 10.3. The predicted molar refractivity (Wildman–Crippen MR) is 181 cm³/mol. The first-order valence-electron chi connectivity index (χ1n) is 16.9. The van der Waals surface area contributed by atoms with Crippen molar-refractivity contribution in [3.63, 3.8) is 0 Å². The third-order valence-electron chi connectivity index (χ3n) is 10.3. The molecule has 4 heterocycles. The molecular formula is C39H43N2NaO10. The van der Waals surface area contributed by atoms with Crippen molar-refractivity contribution in [2.24, 2.45) is 10.8 Å². The second kappa shape index (κ2) is 16.2. The number of hydrogen-bond acceptors (Lipinski definition) is 10. The van der Waals surface area contributed by atoms with Gasteiger partial charge in [-0.2, -0.15) is 0 Å². The van der Waals surface area contributed by atoms with Crippen molar-refractivity contribution in [2.45, 2.75) is 84.7 Å². The number of esters is 3. The number of β-lactam (4-membered cyclic amide) rings is 2. The van der Waals surface area contributed by atoms with Gasteiger partial charge in [0.15, 0.2) is 6.10 Å². The van der Waals surface area contributed by atoms with E-state index in [1.54, 1.807) is 30.9 Å². The van der Waals surface area contributed by atoms with E-state index in [1.807, 2.05) is 74.5 Å². The number of amides is 2. The quantitative estimate of drug-likeness (QED) is 0.114. The van der Waals surface area contributed by atoms with Crippen LogP contribution in [0.15, 0.2) is 84.0 Å². The molecule has 6 atom stereocenters. The van der Waals surface area contributed by atoms with Gasteiger partial charge in [0.25, 0.3) is 11.8 Å². The van der Waals surface area contributed by atoms with Gasteiger partial charge in [0, 0.05) is 35.8 Å². The smallest absolute Gasteiger partial charge is 0.548 e. The van der Waals surface area contributed by atoms with Gasteiger partial charge >= 0.3 is 47.5 Å². The zero-order valence-corrected chi connectivity index (χ0v) is 32.6. The Hall–Kier alpha value is -4.26. The van der Waals surface area contributed by atoms with Gasteiger partial charge in [0.1, 0.15) is 6.04 Å². The Balaban J connectivity index is 0.000000259. The van der Waals surface area contributed by atoms with Gasteiger partial charge in [-0.3, -0.25) is 19.2 Å². The average molecular weight is 723 g/mol. The normalized spacial score (nSPS) is 28.4. The average Bonchev–Trinajstić information content (AvgIpc) is 3.53. The van der Waals surface area contributed by atoms with Gasteiger partial charge in [-0.1, -0.05) is 86.7 Å². The summed E-state index contributed by atoms with van der Waals surface area (Å²) in [6.07, 6.45) is 3.88. The van der Waals surface area contributed by atoms with Crippen LogP contribution < -0.4 is 34.7 Å². The zero-order chi connectivity index (χ0) is 37.2. The number of carboxylic acids is 1. The van der Waals surface area contributed by atoms with Gasteiger partial charge in [0.2, 0.25) is 0 Å². The molecule has 0 radical (unpaired) electrons. The molecule has 0 saturated carbocycles. The Labute approximate surface area is 325 Å². The zero-order valence-electron chi connectivity index (χ0n) is 30.6. The topological polar surface area (TPSA) is 160 Å². The van der Waals surface area contributed by atoms with Gasteiger partial charge in [-0.25, -0.2) is 4.79 Å². The maximum atomic E-state index is 13.6. The summed E-state index contributed by atoms with van der Waals surface area (Å²) in [4.78, 5) is 74.9. The van der Waals surface area contributed by atoms with Crippen LogP contribution in [0.5, 0.6) is 0 Å². The minimum atomic E-state index is -1.30. The fourth-order valence-electron chi connectivity index (χ4n) is 7.82. The largest absolute Gasteiger partial charge is 1.00 e. The molecular weight excluding hydrogens is 679 g/mol. The van der Waals surface area contributed by atoms with E-state index in [4.69, 9.17) is 14.2 Å². The van der Waals surface area contributed by atoms with Crippen molar-refractivity contribution in [3.05, 3.63) is 95.1 Å². The van der Waals surface area contributed by atoms with E-state index < -0.39 is 52.9 Å². The van der Waals surface area contributed by atoms with Crippen molar-refractivity contribution in [3.8, 4) is 0 Å². The van der Waals surface area contributed by atoms with E-state index >= 15 is 0 Å². The van der Waals surface area contributed by atoms with Crippen LogP contribution in [0.25, 0.3) is 0 Å². The Morgan fingerprint density at radius 3 is 1.50 bits per heavy atom. The van der Waals surface area contributed by atoms with E-state index in [9.17, 15) is 33.9 Å². The number of aliphatic carboxylic acids is 1. The minimum absolute atomic E-state index is 0. The molecule has 52 heavy (non-hydrogen) atoms. The van der Waals surface area contributed by atoms with Gasteiger partial charge < -0.3 is 33.9 Å². The molecule has 0 aliphatic carbocycles. The van der Waals surface area contributed by atoms with Crippen LogP contribution in [0.3, 0.4) is 0 Å². The molecule has 0 bridgehead atoms. The first-order valence-corrected chi connectivity index (χ1v) is 16.9. The summed E-state index contributed by atoms with van der Waals surface area (Å²) in [5.74, 6) is -3.12. The number of carbonyl (C=O) groups is 6. The number of fused-ring (bicyclic) bond motifs is 2. The van der Waals surface area contributed by atoms with E-state index in [0.29, 0.717) is 24.0 Å². The molecule has 12 nitrogen and oxygen atoms in total. The van der Waals surface area contributed by atoms with Gasteiger partial charge in [-0.15, -0.1) is 0 Å². The van der Waals surface area contributed by atoms with Crippen LogP contribution in [0, 0.1) is 10.8 Å². The second-order valence-electron chi connectivity index (χ2n) is 14.0. The summed E-state index contributed by atoms with van der Waals surface area (Å²) >= 11 is 0. The number of ether oxygens (including phenoxy) is 3. The SMILES string of the molecule is C/C=C1/C(=O)N2C1C[C@@](C)(COC(C)=O)[C@@H]2C(=O)OC(c1ccccc1)c1ccccc1.C/C=C1/C(=O)N2C1C[C@@](C)(COC(C)=O)[C@@H]2C(=O)[O-].[Na+]. The van der Waals surface area contributed by atoms with Gasteiger partial charge in [0.05, 0.1) is 37.3 Å². The molecule has 2 amide bonds. The summed E-state index contributed by atoms with van der Waals surface area (Å²) in [6, 6.07) is 16.8. The Kier molecular flexibility index (Phi) is 12.6. The van der Waals surface area contributed by atoms with E-state index in [1.165, 1.54) is 18.7 Å². The molecule has 4 aliphatic heterocycles. The maximum Gasteiger partial charge on any atom is 1.00 e. The van der Waals surface area contributed by atoms with Crippen molar-refractivity contribution >= 4 is 35.7 Å². The third kappa shape index (κ3) is 7.60.